The van der Waals surface area contributed by atoms with Gasteiger partial charge < -0.3 is 10.4 Å². The summed E-state index contributed by atoms with van der Waals surface area (Å²) >= 11 is 1.60. The van der Waals surface area contributed by atoms with Gasteiger partial charge in [-0.05, 0) is 53.3 Å². The number of aromatic nitrogens is 1. The number of pyridine rings is 1. The normalized spacial score (nSPS) is 21.9. The first-order valence-corrected chi connectivity index (χ1v) is 8.53. The van der Waals surface area contributed by atoms with Crippen molar-refractivity contribution in [1.82, 2.24) is 10.3 Å². The zero-order valence-corrected chi connectivity index (χ0v) is 13.1. The van der Waals surface area contributed by atoms with Crippen molar-refractivity contribution in [2.45, 2.75) is 37.8 Å². The lowest BCUT2D eigenvalue weighted by atomic mass is 9.76. The number of rotatable bonds is 6. The largest absolute Gasteiger partial charge is 0.393 e. The van der Waals surface area contributed by atoms with E-state index in [4.69, 9.17) is 0 Å². The monoisotopic (exact) mass is 316 g/mol. The standard InChI is InChI=1S/C17H20N2O2S/c20-15-8-13(9-15)16(10-14-3-1-2-5-18-14)19-17(21)7-12-4-6-22-11-12/h1-6,11,13,15-16,20H,7-10H2,(H,19,21). The number of aliphatic hydroxyl groups excluding tert-OH is 1. The van der Waals surface area contributed by atoms with Crippen LogP contribution in [-0.4, -0.2) is 28.1 Å². The zero-order valence-electron chi connectivity index (χ0n) is 12.3. The van der Waals surface area contributed by atoms with Crippen LogP contribution in [-0.2, 0) is 17.6 Å². The molecular formula is C17H20N2O2S. The molecule has 2 aromatic rings. The van der Waals surface area contributed by atoms with E-state index in [9.17, 15) is 9.90 Å². The molecule has 22 heavy (non-hydrogen) atoms. The zero-order chi connectivity index (χ0) is 15.4. The Balaban J connectivity index is 1.62. The molecule has 1 amide bonds. The van der Waals surface area contributed by atoms with E-state index in [0.29, 0.717) is 18.8 Å². The van der Waals surface area contributed by atoms with Crippen LogP contribution in [0.2, 0.25) is 0 Å². The van der Waals surface area contributed by atoms with E-state index in [1.165, 1.54) is 0 Å². The molecule has 1 unspecified atom stereocenters. The van der Waals surface area contributed by atoms with E-state index in [2.05, 4.69) is 10.3 Å². The Hall–Kier alpha value is -1.72. The summed E-state index contributed by atoms with van der Waals surface area (Å²) in [7, 11) is 0. The molecule has 2 aromatic heterocycles. The molecule has 1 atom stereocenters. The molecular weight excluding hydrogens is 296 g/mol. The van der Waals surface area contributed by atoms with Gasteiger partial charge in [0.05, 0.1) is 12.5 Å². The summed E-state index contributed by atoms with van der Waals surface area (Å²) in [4.78, 5) is 16.6. The number of aliphatic hydroxyl groups is 1. The molecule has 0 radical (unpaired) electrons. The molecule has 2 heterocycles. The third-order valence-corrected chi connectivity index (χ3v) is 4.90. The van der Waals surface area contributed by atoms with Crippen molar-refractivity contribution in [3.05, 3.63) is 52.5 Å². The molecule has 0 aromatic carbocycles. The molecule has 0 bridgehead atoms. The highest BCUT2D eigenvalue weighted by Crippen LogP contribution is 2.31. The fourth-order valence-electron chi connectivity index (χ4n) is 2.87. The number of amides is 1. The van der Waals surface area contributed by atoms with Gasteiger partial charge in [0.1, 0.15) is 0 Å². The van der Waals surface area contributed by atoms with Gasteiger partial charge in [0.25, 0.3) is 0 Å². The fraction of sp³-hybridized carbons (Fsp3) is 0.412. The average Bonchev–Trinajstić information content (AvgIpc) is 2.97. The Labute approximate surface area is 134 Å². The van der Waals surface area contributed by atoms with Gasteiger partial charge in [-0.3, -0.25) is 9.78 Å². The Bertz CT molecular complexity index is 594. The van der Waals surface area contributed by atoms with Crippen LogP contribution in [0.5, 0.6) is 0 Å². The van der Waals surface area contributed by atoms with Gasteiger partial charge in [0.15, 0.2) is 0 Å². The highest BCUT2D eigenvalue weighted by atomic mass is 32.1. The third-order valence-electron chi connectivity index (χ3n) is 4.17. The SMILES string of the molecule is O=C(Cc1ccsc1)NC(Cc1ccccn1)C1CC(O)C1. The molecule has 5 heteroatoms. The maximum atomic E-state index is 12.2. The molecule has 0 spiro atoms. The number of carbonyl (C=O) groups is 1. The minimum atomic E-state index is -0.218. The number of hydrogen-bond donors (Lipinski definition) is 2. The van der Waals surface area contributed by atoms with Crippen LogP contribution in [0, 0.1) is 5.92 Å². The quantitative estimate of drug-likeness (QED) is 0.859. The van der Waals surface area contributed by atoms with Crippen molar-refractivity contribution >= 4 is 17.2 Å². The summed E-state index contributed by atoms with van der Waals surface area (Å²) in [5.74, 6) is 0.379. The topological polar surface area (TPSA) is 62.2 Å². The molecule has 1 saturated carbocycles. The molecule has 3 rings (SSSR count). The van der Waals surface area contributed by atoms with Gasteiger partial charge in [0.2, 0.25) is 5.91 Å². The van der Waals surface area contributed by atoms with Crippen LogP contribution in [0.4, 0.5) is 0 Å². The summed E-state index contributed by atoms with van der Waals surface area (Å²) in [6, 6.07) is 7.85. The van der Waals surface area contributed by atoms with Crippen LogP contribution in [0.15, 0.2) is 41.2 Å². The van der Waals surface area contributed by atoms with Crippen molar-refractivity contribution in [3.63, 3.8) is 0 Å². The van der Waals surface area contributed by atoms with Gasteiger partial charge in [-0.1, -0.05) is 6.07 Å². The van der Waals surface area contributed by atoms with Crippen LogP contribution in [0.1, 0.15) is 24.1 Å². The lowest BCUT2D eigenvalue weighted by Gasteiger charge is -2.38. The minimum Gasteiger partial charge on any atom is -0.393 e. The highest BCUT2D eigenvalue weighted by molar-refractivity contribution is 7.07. The first-order chi connectivity index (χ1) is 10.7. The van der Waals surface area contributed by atoms with Crippen molar-refractivity contribution < 1.29 is 9.90 Å². The summed E-state index contributed by atoms with van der Waals surface area (Å²) in [5.41, 5.74) is 2.03. The Morgan fingerprint density at radius 3 is 2.91 bits per heavy atom. The molecule has 1 aliphatic rings. The van der Waals surface area contributed by atoms with Gasteiger partial charge in [0, 0.05) is 24.4 Å². The molecule has 2 N–H and O–H groups in total. The smallest absolute Gasteiger partial charge is 0.224 e. The number of hydrogen-bond acceptors (Lipinski definition) is 4. The summed E-state index contributed by atoms with van der Waals surface area (Å²) in [5, 5.41) is 16.7. The van der Waals surface area contributed by atoms with Gasteiger partial charge in [-0.2, -0.15) is 11.3 Å². The van der Waals surface area contributed by atoms with Gasteiger partial charge in [-0.25, -0.2) is 0 Å². The van der Waals surface area contributed by atoms with Crippen molar-refractivity contribution in [1.29, 1.82) is 0 Å². The molecule has 1 aliphatic carbocycles. The maximum absolute atomic E-state index is 12.2. The van der Waals surface area contributed by atoms with E-state index < -0.39 is 0 Å². The highest BCUT2D eigenvalue weighted by Gasteiger charge is 2.34. The summed E-state index contributed by atoms with van der Waals surface area (Å²) < 4.78 is 0. The second kappa shape index (κ2) is 7.03. The lowest BCUT2D eigenvalue weighted by molar-refractivity contribution is -0.122. The van der Waals surface area contributed by atoms with Crippen LogP contribution in [0.25, 0.3) is 0 Å². The van der Waals surface area contributed by atoms with Crippen LogP contribution >= 0.6 is 11.3 Å². The molecule has 0 aliphatic heterocycles. The van der Waals surface area contributed by atoms with Crippen LogP contribution < -0.4 is 5.32 Å². The van der Waals surface area contributed by atoms with Gasteiger partial charge >= 0.3 is 0 Å². The molecule has 1 fully saturated rings. The van der Waals surface area contributed by atoms with Crippen molar-refractivity contribution in [3.8, 4) is 0 Å². The number of nitrogens with zero attached hydrogens (tertiary/aromatic N) is 1. The molecule has 0 saturated heterocycles. The Morgan fingerprint density at radius 1 is 1.41 bits per heavy atom. The van der Waals surface area contributed by atoms with E-state index in [1.807, 2.05) is 35.0 Å². The van der Waals surface area contributed by atoms with Crippen molar-refractivity contribution in [2.75, 3.05) is 0 Å². The Morgan fingerprint density at radius 2 is 2.27 bits per heavy atom. The minimum absolute atomic E-state index is 0.0423. The summed E-state index contributed by atoms with van der Waals surface area (Å²) in [6.07, 6.45) is 4.21. The number of carbonyl (C=O) groups excluding carboxylic acids is 1. The van der Waals surface area contributed by atoms with Crippen LogP contribution in [0.3, 0.4) is 0 Å². The predicted molar refractivity (Wildman–Crippen MR) is 86.6 cm³/mol. The summed E-state index contributed by atoms with van der Waals surface area (Å²) in [6.45, 7) is 0. The van der Waals surface area contributed by atoms with E-state index in [0.717, 1.165) is 24.1 Å². The van der Waals surface area contributed by atoms with E-state index in [1.54, 1.807) is 17.5 Å². The molecule has 4 nitrogen and oxygen atoms in total. The van der Waals surface area contributed by atoms with E-state index >= 15 is 0 Å². The first-order valence-electron chi connectivity index (χ1n) is 7.59. The predicted octanol–water partition coefficient (Wildman–Crippen LogP) is 2.18. The van der Waals surface area contributed by atoms with E-state index in [-0.39, 0.29) is 18.1 Å². The van der Waals surface area contributed by atoms with Crippen molar-refractivity contribution in [2.24, 2.45) is 5.92 Å². The number of nitrogens with one attached hydrogen (secondary N) is 1. The fourth-order valence-corrected chi connectivity index (χ4v) is 3.54. The third kappa shape index (κ3) is 3.93. The average molecular weight is 316 g/mol. The second-order valence-corrected chi connectivity index (χ2v) is 6.67. The molecule has 116 valence electrons. The lowest BCUT2D eigenvalue weighted by Crippen LogP contribution is -2.48. The van der Waals surface area contributed by atoms with Gasteiger partial charge in [-0.15, -0.1) is 0 Å². The first kappa shape index (κ1) is 15.2. The second-order valence-electron chi connectivity index (χ2n) is 5.89. The Kier molecular flexibility index (Phi) is 4.85. The maximum Gasteiger partial charge on any atom is 0.224 e. The number of thiophene rings is 1.